The maximum atomic E-state index is 14.2. The van der Waals surface area contributed by atoms with Crippen molar-refractivity contribution in [3.8, 4) is 17.2 Å². The standard InChI is InChI=1S/C60H66N4O10S2/c1-8-21-72-35-47(65)28-43(59(69)71-7)36-75-76-60(3,4)20-19-56(66)61-44-24-38(33-73-53-31-52-49(22-37(53)2)58(68)64-46(32-62(52)5)27-42-14-10-12-16-51(42)64)23-39(25-44)34-74-55-29-40-17-18-45-26-41-13-9-11-15-50(41)63(45)57(67)48(40)30-54(55)70-6/h8-16,21-25,29-31,43,45-46H,17-20,26-28,32-36H2,1-7H3,(H,61,66)/t43?,45-,46+/m1/s1. The fourth-order valence-corrected chi connectivity index (χ4v) is 13.6. The summed E-state index contributed by atoms with van der Waals surface area (Å²) in [6.07, 6.45) is 7.01. The van der Waals surface area contributed by atoms with E-state index >= 15 is 0 Å². The number of aryl methyl sites for hydroxylation is 2. The third-order valence-corrected chi connectivity index (χ3v) is 17.9. The Kier molecular flexibility index (Phi) is 16.7. The first-order chi connectivity index (χ1) is 36.6. The van der Waals surface area contributed by atoms with Gasteiger partial charge in [0.05, 0.1) is 43.7 Å². The van der Waals surface area contributed by atoms with E-state index in [0.717, 1.165) is 58.6 Å². The molecule has 0 bridgehead atoms. The Morgan fingerprint density at radius 2 is 1.45 bits per heavy atom. The average Bonchev–Trinajstić information content (AvgIpc) is 3.93. The second kappa shape index (κ2) is 23.5. The number of carbonyl (C=O) groups excluding carboxylic acids is 5. The number of nitrogens with one attached hydrogen (secondary N) is 1. The van der Waals surface area contributed by atoms with Gasteiger partial charge in [-0.1, -0.05) is 64.1 Å². The van der Waals surface area contributed by atoms with E-state index in [1.807, 2.05) is 110 Å². The molecule has 76 heavy (non-hydrogen) atoms. The number of fused-ring (bicyclic) bond motifs is 8. The number of ketones is 1. The Morgan fingerprint density at radius 3 is 2.13 bits per heavy atom. The van der Waals surface area contributed by atoms with Crippen LogP contribution in [0.1, 0.15) is 101 Å². The molecular weight excluding hydrogens is 1000 g/mol. The fraction of sp³-hybridized carbons (Fsp3) is 0.383. The van der Waals surface area contributed by atoms with E-state index in [1.54, 1.807) is 37.0 Å². The summed E-state index contributed by atoms with van der Waals surface area (Å²) in [6.45, 7) is 8.65. The van der Waals surface area contributed by atoms with E-state index in [9.17, 15) is 24.0 Å². The highest BCUT2D eigenvalue weighted by Crippen LogP contribution is 2.44. The molecule has 3 amide bonds. The average molecular weight is 1070 g/mol. The number of anilines is 4. The van der Waals surface area contributed by atoms with Gasteiger partial charge in [0.1, 0.15) is 25.6 Å². The van der Waals surface area contributed by atoms with E-state index in [2.05, 4.69) is 22.3 Å². The minimum Gasteiger partial charge on any atom is -0.494 e. The number of ether oxygens (including phenoxy) is 5. The molecule has 0 aromatic heterocycles. The molecule has 16 heteroatoms. The molecule has 5 aromatic carbocycles. The highest BCUT2D eigenvalue weighted by Gasteiger charge is 2.40. The number of esters is 1. The number of methoxy groups -OCH3 is 2. The molecule has 0 fully saturated rings. The minimum absolute atomic E-state index is 0.00896. The molecule has 0 spiro atoms. The maximum Gasteiger partial charge on any atom is 0.309 e. The predicted molar refractivity (Wildman–Crippen MR) is 300 cm³/mol. The Labute approximate surface area is 453 Å². The molecular formula is C60H66N4O10S2. The van der Waals surface area contributed by atoms with Gasteiger partial charge in [-0.05, 0) is 142 Å². The van der Waals surface area contributed by atoms with Gasteiger partial charge in [0.15, 0.2) is 17.3 Å². The highest BCUT2D eigenvalue weighted by molar-refractivity contribution is 8.77. The zero-order valence-corrected chi connectivity index (χ0v) is 45.9. The number of benzene rings is 5. The number of carbonyl (C=O) groups is 5. The van der Waals surface area contributed by atoms with Crippen molar-refractivity contribution in [3.05, 3.63) is 148 Å². The lowest BCUT2D eigenvalue weighted by Crippen LogP contribution is -2.41. The SMILES string of the molecule is CC=COCC(=O)CC(CSSC(C)(C)CCC(=O)Nc1cc(COc2cc3c(cc2C)C(=O)N2c4ccccc4C[C@H]2CN3C)cc(COc2cc3c(cc2OC)C(=O)N2c4ccccc4C[C@H]2CC3)c1)C(=O)OC. The predicted octanol–water partition coefficient (Wildman–Crippen LogP) is 10.9. The van der Waals surface area contributed by atoms with Crippen LogP contribution in [0.2, 0.25) is 0 Å². The zero-order chi connectivity index (χ0) is 53.7. The molecule has 4 aliphatic heterocycles. The number of para-hydroxylation sites is 2. The van der Waals surface area contributed by atoms with Crippen LogP contribution < -0.4 is 34.2 Å². The summed E-state index contributed by atoms with van der Waals surface area (Å²) in [7, 11) is 7.93. The van der Waals surface area contributed by atoms with E-state index in [0.29, 0.717) is 59.2 Å². The van der Waals surface area contributed by atoms with Crippen LogP contribution >= 0.6 is 21.6 Å². The second-order valence-electron chi connectivity index (χ2n) is 20.6. The van der Waals surface area contributed by atoms with Crippen molar-refractivity contribution in [1.82, 2.24) is 0 Å². The number of Topliss-reactive ketones (excluding diaryl/α,β-unsaturated/α-hetero) is 1. The lowest BCUT2D eigenvalue weighted by molar-refractivity contribution is -0.146. The Hall–Kier alpha value is -6.91. The van der Waals surface area contributed by atoms with Crippen molar-refractivity contribution in [3.63, 3.8) is 0 Å². The molecule has 9 rings (SSSR count). The molecule has 398 valence electrons. The lowest BCUT2D eigenvalue weighted by Gasteiger charge is -2.25. The van der Waals surface area contributed by atoms with Gasteiger partial charge in [-0.15, -0.1) is 0 Å². The van der Waals surface area contributed by atoms with Crippen LogP contribution in [0, 0.1) is 12.8 Å². The molecule has 1 N–H and O–H groups in total. The molecule has 3 atom stereocenters. The normalized spacial score (nSPS) is 16.9. The van der Waals surface area contributed by atoms with Gasteiger partial charge in [0, 0.05) is 71.7 Å². The van der Waals surface area contributed by atoms with Gasteiger partial charge >= 0.3 is 5.97 Å². The maximum absolute atomic E-state index is 14.2. The van der Waals surface area contributed by atoms with E-state index in [-0.39, 0.29) is 73.0 Å². The Balaban J connectivity index is 0.913. The number of allylic oxidation sites excluding steroid dienone is 1. The Morgan fingerprint density at radius 1 is 0.789 bits per heavy atom. The third-order valence-electron chi connectivity index (χ3n) is 14.5. The van der Waals surface area contributed by atoms with E-state index in [1.165, 1.54) is 35.3 Å². The first-order valence-electron chi connectivity index (χ1n) is 25.8. The summed E-state index contributed by atoms with van der Waals surface area (Å²) in [5, 5.41) is 3.13. The second-order valence-corrected chi connectivity index (χ2v) is 23.6. The third kappa shape index (κ3) is 12.0. The monoisotopic (exact) mass is 1070 g/mol. The molecule has 5 aromatic rings. The number of hydrogen-bond acceptors (Lipinski definition) is 13. The van der Waals surface area contributed by atoms with Crippen LogP contribution in [-0.2, 0) is 56.3 Å². The van der Waals surface area contributed by atoms with Crippen LogP contribution in [0.3, 0.4) is 0 Å². The number of hydrogen-bond donors (Lipinski definition) is 1. The summed E-state index contributed by atoms with van der Waals surface area (Å²) in [5.74, 6) is 0.434. The van der Waals surface area contributed by atoms with Crippen molar-refractivity contribution in [2.45, 2.75) is 103 Å². The van der Waals surface area contributed by atoms with Crippen molar-refractivity contribution < 1.29 is 47.7 Å². The van der Waals surface area contributed by atoms with Crippen LogP contribution in [0.15, 0.2) is 103 Å². The number of rotatable bonds is 21. The summed E-state index contributed by atoms with van der Waals surface area (Å²) < 4.78 is 28.9. The minimum atomic E-state index is -0.626. The molecule has 4 aliphatic rings. The van der Waals surface area contributed by atoms with Crippen molar-refractivity contribution >= 4 is 73.8 Å². The quantitative estimate of drug-likeness (QED) is 0.0422. The summed E-state index contributed by atoms with van der Waals surface area (Å²) >= 11 is 0. The van der Waals surface area contributed by atoms with Crippen LogP contribution in [-0.4, -0.2) is 86.5 Å². The summed E-state index contributed by atoms with van der Waals surface area (Å²) in [4.78, 5) is 73.4. The molecule has 0 saturated carbocycles. The van der Waals surface area contributed by atoms with Gasteiger partial charge in [0.25, 0.3) is 11.8 Å². The van der Waals surface area contributed by atoms with Crippen molar-refractivity contribution in [2.75, 3.05) is 60.2 Å². The molecule has 4 heterocycles. The van der Waals surface area contributed by atoms with Crippen molar-refractivity contribution in [2.24, 2.45) is 5.92 Å². The lowest BCUT2D eigenvalue weighted by atomic mass is 9.99. The molecule has 0 saturated heterocycles. The summed E-state index contributed by atoms with van der Waals surface area (Å²) in [5.41, 5.74) is 10.2. The van der Waals surface area contributed by atoms with Crippen LogP contribution in [0.5, 0.6) is 17.2 Å². The van der Waals surface area contributed by atoms with Gasteiger partial charge in [-0.2, -0.15) is 0 Å². The van der Waals surface area contributed by atoms with Gasteiger partial charge in [-0.3, -0.25) is 24.0 Å². The summed E-state index contributed by atoms with van der Waals surface area (Å²) in [6, 6.07) is 29.7. The van der Waals surface area contributed by atoms with Crippen LogP contribution in [0.25, 0.3) is 0 Å². The van der Waals surface area contributed by atoms with Gasteiger partial charge in [-0.25, -0.2) is 0 Å². The first kappa shape index (κ1) is 53.9. The molecule has 0 aliphatic carbocycles. The van der Waals surface area contributed by atoms with Gasteiger partial charge < -0.3 is 43.7 Å². The fourth-order valence-electron chi connectivity index (χ4n) is 10.7. The topological polar surface area (TPSA) is 153 Å². The van der Waals surface area contributed by atoms with E-state index < -0.39 is 11.9 Å². The molecule has 14 nitrogen and oxygen atoms in total. The highest BCUT2D eigenvalue weighted by atomic mass is 33.1. The van der Waals surface area contributed by atoms with Gasteiger partial charge in [0.2, 0.25) is 5.91 Å². The Bertz CT molecular complexity index is 3070. The first-order valence-corrected chi connectivity index (χ1v) is 28.2. The largest absolute Gasteiger partial charge is 0.494 e. The smallest absolute Gasteiger partial charge is 0.309 e. The number of amides is 3. The number of nitrogens with zero attached hydrogens (tertiary/aromatic N) is 3. The van der Waals surface area contributed by atoms with E-state index in [4.69, 9.17) is 23.7 Å². The van der Waals surface area contributed by atoms with Crippen molar-refractivity contribution in [1.29, 1.82) is 0 Å². The van der Waals surface area contributed by atoms with Crippen LogP contribution in [0.4, 0.5) is 22.7 Å². The molecule has 0 radical (unpaired) electrons. The molecule has 1 unspecified atom stereocenters. The zero-order valence-electron chi connectivity index (χ0n) is 44.3. The number of likely N-dealkylation sites (N-methyl/N-ethyl adjacent to an activating group) is 1.